The molecule has 2 nitrogen and oxygen atoms in total. The molecule has 1 rings (SSSR count). The Morgan fingerprint density at radius 2 is 1.93 bits per heavy atom. The van der Waals surface area contributed by atoms with Gasteiger partial charge in [-0.2, -0.15) is 5.10 Å². The molecule has 14 heavy (non-hydrogen) atoms. The number of rotatable bonds is 1. The Morgan fingerprint density at radius 1 is 1.43 bits per heavy atom. The van der Waals surface area contributed by atoms with E-state index in [-0.39, 0.29) is 20.9 Å². The molecule has 1 aromatic rings. The number of hydrogen-bond acceptors (Lipinski definition) is 1. The van der Waals surface area contributed by atoms with Crippen LogP contribution in [-0.4, -0.2) is 9.78 Å². The number of halogens is 4. The Kier molecular flexibility index (Phi) is 3.21. The maximum atomic E-state index is 12.5. The minimum atomic E-state index is -2.62. The molecule has 1 aromatic heterocycles. The van der Waals surface area contributed by atoms with Gasteiger partial charge in [-0.15, -0.1) is 0 Å². The lowest BCUT2D eigenvalue weighted by atomic mass is 10.1. The number of aromatic nitrogens is 2. The molecule has 0 aliphatic rings. The predicted molar refractivity (Wildman–Crippen MR) is 54.9 cm³/mol. The maximum absolute atomic E-state index is 12.5. The van der Waals surface area contributed by atoms with Gasteiger partial charge in [-0.1, -0.05) is 11.6 Å². The van der Waals surface area contributed by atoms with Crippen molar-refractivity contribution in [2.45, 2.75) is 32.7 Å². The van der Waals surface area contributed by atoms with Gasteiger partial charge < -0.3 is 0 Å². The van der Waals surface area contributed by atoms with Crippen LogP contribution < -0.4 is 0 Å². The van der Waals surface area contributed by atoms with Gasteiger partial charge in [0.2, 0.25) is 0 Å². The van der Waals surface area contributed by atoms with Crippen molar-refractivity contribution in [2.24, 2.45) is 0 Å². The summed E-state index contributed by atoms with van der Waals surface area (Å²) in [4.78, 5) is 0. The first-order valence-electron chi connectivity index (χ1n) is 3.97. The van der Waals surface area contributed by atoms with Crippen LogP contribution in [0.25, 0.3) is 0 Å². The van der Waals surface area contributed by atoms with Gasteiger partial charge in [0.1, 0.15) is 4.60 Å². The van der Waals surface area contributed by atoms with E-state index in [0.29, 0.717) is 0 Å². The zero-order chi connectivity index (χ0) is 11.1. The first-order valence-corrected chi connectivity index (χ1v) is 5.14. The summed E-state index contributed by atoms with van der Waals surface area (Å²) < 4.78 is 26.7. The molecule has 0 amide bonds. The second-order valence-corrected chi connectivity index (χ2v) is 4.99. The normalized spacial score (nSPS) is 12.6. The largest absolute Gasteiger partial charge is 0.269 e. The van der Waals surface area contributed by atoms with E-state index in [1.807, 2.05) is 20.8 Å². The highest BCUT2D eigenvalue weighted by atomic mass is 79.9. The van der Waals surface area contributed by atoms with Crippen LogP contribution in [0.4, 0.5) is 8.78 Å². The van der Waals surface area contributed by atoms with Crippen LogP contribution in [0, 0.1) is 0 Å². The standard InChI is InChI=1S/C8H10BrClF2N2/c1-8(2,3)14-5(9)4(7(11)12)6(10)13-14/h7H,1-3H3. The van der Waals surface area contributed by atoms with Crippen LogP contribution in [0.1, 0.15) is 32.8 Å². The Morgan fingerprint density at radius 3 is 2.14 bits per heavy atom. The monoisotopic (exact) mass is 286 g/mol. The van der Waals surface area contributed by atoms with E-state index in [0.717, 1.165) is 0 Å². The molecule has 0 unspecified atom stereocenters. The fourth-order valence-corrected chi connectivity index (χ4v) is 2.34. The van der Waals surface area contributed by atoms with Crippen LogP contribution >= 0.6 is 27.5 Å². The lowest BCUT2D eigenvalue weighted by Gasteiger charge is -2.20. The average Bonchev–Trinajstić information content (AvgIpc) is 2.24. The van der Waals surface area contributed by atoms with Crippen molar-refractivity contribution < 1.29 is 8.78 Å². The lowest BCUT2D eigenvalue weighted by Crippen LogP contribution is -2.23. The zero-order valence-corrected chi connectivity index (χ0v) is 10.3. The van der Waals surface area contributed by atoms with Gasteiger partial charge in [0, 0.05) is 0 Å². The highest BCUT2D eigenvalue weighted by Crippen LogP contribution is 2.35. The van der Waals surface area contributed by atoms with E-state index < -0.39 is 6.43 Å². The van der Waals surface area contributed by atoms with Gasteiger partial charge in [0.25, 0.3) is 6.43 Å². The second-order valence-electron chi connectivity index (χ2n) is 3.88. The first kappa shape index (κ1) is 11.9. The van der Waals surface area contributed by atoms with Crippen LogP contribution in [0.5, 0.6) is 0 Å². The minimum Gasteiger partial charge on any atom is -0.251 e. The van der Waals surface area contributed by atoms with E-state index in [2.05, 4.69) is 21.0 Å². The molecule has 1 heterocycles. The van der Waals surface area contributed by atoms with Crippen LogP contribution in [0.15, 0.2) is 4.60 Å². The van der Waals surface area contributed by atoms with E-state index >= 15 is 0 Å². The highest BCUT2D eigenvalue weighted by Gasteiger charge is 2.27. The molecule has 0 aliphatic heterocycles. The number of hydrogen-bond donors (Lipinski definition) is 0. The third-order valence-electron chi connectivity index (χ3n) is 1.67. The van der Waals surface area contributed by atoms with Crippen molar-refractivity contribution in [3.05, 3.63) is 15.3 Å². The van der Waals surface area contributed by atoms with Crippen molar-refractivity contribution in [1.82, 2.24) is 9.78 Å². The third-order valence-corrected chi connectivity index (χ3v) is 2.71. The topological polar surface area (TPSA) is 17.8 Å². The van der Waals surface area contributed by atoms with E-state index in [1.54, 1.807) is 0 Å². The van der Waals surface area contributed by atoms with Crippen LogP contribution in [0.2, 0.25) is 5.15 Å². The van der Waals surface area contributed by atoms with Crippen molar-refractivity contribution >= 4 is 27.5 Å². The number of alkyl halides is 2. The van der Waals surface area contributed by atoms with Crippen molar-refractivity contribution in [3.63, 3.8) is 0 Å². The minimum absolute atomic E-state index is 0.151. The van der Waals surface area contributed by atoms with Crippen molar-refractivity contribution in [1.29, 1.82) is 0 Å². The molecule has 0 bridgehead atoms. The van der Waals surface area contributed by atoms with Gasteiger partial charge in [-0.25, -0.2) is 8.78 Å². The molecule has 6 heteroatoms. The molecule has 0 aliphatic carbocycles. The summed E-state index contributed by atoms with van der Waals surface area (Å²) in [5.74, 6) is 0. The predicted octanol–water partition coefficient (Wildman–Crippen LogP) is 3.99. The second kappa shape index (κ2) is 3.77. The molecule has 0 spiro atoms. The van der Waals surface area contributed by atoms with Gasteiger partial charge in [-0.05, 0) is 36.7 Å². The van der Waals surface area contributed by atoms with Gasteiger partial charge >= 0.3 is 0 Å². The highest BCUT2D eigenvalue weighted by molar-refractivity contribution is 9.10. The first-order chi connectivity index (χ1) is 6.25. The molecular formula is C8H10BrClF2N2. The summed E-state index contributed by atoms with van der Waals surface area (Å²) >= 11 is 8.68. The number of nitrogens with zero attached hydrogens (tertiary/aromatic N) is 2. The summed E-state index contributed by atoms with van der Waals surface area (Å²) in [6.07, 6.45) is -2.62. The molecule has 0 fully saturated rings. The Hall–Kier alpha value is -0.160. The molecule has 80 valence electrons. The molecule has 0 radical (unpaired) electrons. The third kappa shape index (κ3) is 2.08. The molecule has 0 atom stereocenters. The summed E-state index contributed by atoms with van der Waals surface area (Å²) in [6, 6.07) is 0. The lowest BCUT2D eigenvalue weighted by molar-refractivity contribution is 0.150. The fourth-order valence-electron chi connectivity index (χ4n) is 1.01. The molecular weight excluding hydrogens is 277 g/mol. The summed E-state index contributed by atoms with van der Waals surface area (Å²) in [7, 11) is 0. The molecule has 0 saturated carbocycles. The Bertz CT molecular complexity index is 344. The average molecular weight is 288 g/mol. The SMILES string of the molecule is CC(C)(C)n1nc(Cl)c(C(F)F)c1Br. The maximum Gasteiger partial charge on any atom is 0.269 e. The van der Waals surface area contributed by atoms with Gasteiger partial charge in [0.15, 0.2) is 5.15 Å². The summed E-state index contributed by atoms with van der Waals surface area (Å²) in [6.45, 7) is 5.57. The van der Waals surface area contributed by atoms with E-state index in [1.165, 1.54) is 4.68 Å². The Labute approximate surface area is 94.4 Å². The van der Waals surface area contributed by atoms with Gasteiger partial charge in [0.05, 0.1) is 11.1 Å². The zero-order valence-electron chi connectivity index (χ0n) is 7.98. The molecule has 0 aromatic carbocycles. The van der Waals surface area contributed by atoms with Gasteiger partial charge in [-0.3, -0.25) is 4.68 Å². The van der Waals surface area contributed by atoms with Crippen LogP contribution in [0.3, 0.4) is 0 Å². The summed E-state index contributed by atoms with van der Waals surface area (Å²) in [5.41, 5.74) is -0.628. The Balaban J connectivity index is 3.31. The van der Waals surface area contributed by atoms with Crippen LogP contribution in [-0.2, 0) is 5.54 Å². The smallest absolute Gasteiger partial charge is 0.251 e. The van der Waals surface area contributed by atoms with E-state index in [4.69, 9.17) is 11.6 Å². The quantitative estimate of drug-likeness (QED) is 0.763. The van der Waals surface area contributed by atoms with Crippen molar-refractivity contribution in [3.8, 4) is 0 Å². The van der Waals surface area contributed by atoms with Crippen molar-refractivity contribution in [2.75, 3.05) is 0 Å². The molecule has 0 saturated heterocycles. The van der Waals surface area contributed by atoms with E-state index in [9.17, 15) is 8.78 Å². The summed E-state index contributed by atoms with van der Waals surface area (Å²) in [5, 5.41) is 3.71. The molecule has 0 N–H and O–H groups in total. The fraction of sp³-hybridized carbons (Fsp3) is 0.625.